The molecular weight excluding hydrogens is 354 g/mol. The standard InChI is InChI=1S/C22H31N3O3/c1-16(23-14-17-7-6-8-18(12-17)15-25(2)3)11-22(26)24-20-13-19(27-4)9-10-21(20)28-5/h6-10,12-13,16,23H,11,14-15H2,1-5H3,(H,24,26). The van der Waals surface area contributed by atoms with E-state index in [0.29, 0.717) is 23.6 Å². The number of ether oxygens (including phenoxy) is 2. The molecule has 28 heavy (non-hydrogen) atoms. The number of rotatable bonds is 10. The van der Waals surface area contributed by atoms with Gasteiger partial charge in [-0.15, -0.1) is 0 Å². The average Bonchev–Trinajstić information content (AvgIpc) is 2.66. The molecule has 0 spiro atoms. The molecule has 1 amide bonds. The van der Waals surface area contributed by atoms with Gasteiger partial charge in [-0.05, 0) is 44.3 Å². The Morgan fingerprint density at radius 3 is 2.50 bits per heavy atom. The topological polar surface area (TPSA) is 62.8 Å². The number of carbonyl (C=O) groups is 1. The highest BCUT2D eigenvalue weighted by atomic mass is 16.5. The Morgan fingerprint density at radius 2 is 1.82 bits per heavy atom. The number of carbonyl (C=O) groups excluding carboxylic acids is 1. The van der Waals surface area contributed by atoms with E-state index < -0.39 is 0 Å². The number of amides is 1. The number of hydrogen-bond donors (Lipinski definition) is 2. The van der Waals surface area contributed by atoms with Gasteiger partial charge in [-0.3, -0.25) is 4.79 Å². The van der Waals surface area contributed by atoms with E-state index in [0.717, 1.165) is 13.1 Å². The first-order chi connectivity index (χ1) is 13.4. The molecule has 0 saturated heterocycles. The number of anilines is 1. The zero-order valence-electron chi connectivity index (χ0n) is 17.4. The third-order valence-corrected chi connectivity index (χ3v) is 4.32. The second kappa shape index (κ2) is 10.7. The second-order valence-corrected chi connectivity index (χ2v) is 7.16. The summed E-state index contributed by atoms with van der Waals surface area (Å²) in [5, 5.41) is 6.32. The van der Waals surface area contributed by atoms with Crippen LogP contribution in [-0.2, 0) is 17.9 Å². The molecule has 0 aliphatic heterocycles. The maximum Gasteiger partial charge on any atom is 0.226 e. The minimum atomic E-state index is -0.0760. The average molecular weight is 386 g/mol. The van der Waals surface area contributed by atoms with Crippen molar-refractivity contribution in [2.45, 2.75) is 32.5 Å². The van der Waals surface area contributed by atoms with E-state index in [2.05, 4.69) is 53.9 Å². The Morgan fingerprint density at radius 1 is 1.07 bits per heavy atom. The van der Waals surface area contributed by atoms with Gasteiger partial charge in [0, 0.05) is 31.6 Å². The van der Waals surface area contributed by atoms with Crippen molar-refractivity contribution in [3.63, 3.8) is 0 Å². The van der Waals surface area contributed by atoms with Crippen molar-refractivity contribution in [2.24, 2.45) is 0 Å². The van der Waals surface area contributed by atoms with Crippen LogP contribution in [0.1, 0.15) is 24.5 Å². The van der Waals surface area contributed by atoms with Crippen LogP contribution < -0.4 is 20.1 Å². The Kier molecular flexibility index (Phi) is 8.29. The molecule has 0 bridgehead atoms. The van der Waals surface area contributed by atoms with E-state index in [1.54, 1.807) is 32.4 Å². The smallest absolute Gasteiger partial charge is 0.226 e. The first-order valence-electron chi connectivity index (χ1n) is 9.39. The van der Waals surface area contributed by atoms with Crippen molar-refractivity contribution in [1.29, 1.82) is 0 Å². The molecule has 2 N–H and O–H groups in total. The number of methoxy groups -OCH3 is 2. The molecule has 6 nitrogen and oxygen atoms in total. The van der Waals surface area contributed by atoms with Crippen molar-refractivity contribution in [3.8, 4) is 11.5 Å². The fourth-order valence-corrected chi connectivity index (χ4v) is 2.96. The molecule has 6 heteroatoms. The van der Waals surface area contributed by atoms with Gasteiger partial charge in [-0.25, -0.2) is 0 Å². The van der Waals surface area contributed by atoms with E-state index in [4.69, 9.17) is 9.47 Å². The van der Waals surface area contributed by atoms with Crippen molar-refractivity contribution in [1.82, 2.24) is 10.2 Å². The summed E-state index contributed by atoms with van der Waals surface area (Å²) < 4.78 is 10.5. The predicted molar refractivity (Wildman–Crippen MR) is 113 cm³/mol. The lowest BCUT2D eigenvalue weighted by Gasteiger charge is -2.16. The summed E-state index contributed by atoms with van der Waals surface area (Å²) in [5.74, 6) is 1.19. The summed E-state index contributed by atoms with van der Waals surface area (Å²) in [7, 11) is 7.28. The zero-order valence-corrected chi connectivity index (χ0v) is 17.4. The maximum absolute atomic E-state index is 12.4. The summed E-state index contributed by atoms with van der Waals surface area (Å²) in [6.07, 6.45) is 0.359. The second-order valence-electron chi connectivity index (χ2n) is 7.16. The number of nitrogens with one attached hydrogen (secondary N) is 2. The minimum absolute atomic E-state index is 0.0362. The summed E-state index contributed by atoms with van der Waals surface area (Å²) >= 11 is 0. The van der Waals surface area contributed by atoms with Gasteiger partial charge in [0.25, 0.3) is 0 Å². The molecule has 0 aromatic heterocycles. The summed E-state index contributed by atoms with van der Waals surface area (Å²) in [6.45, 7) is 3.64. The molecule has 0 aliphatic rings. The van der Waals surface area contributed by atoms with Gasteiger partial charge in [-0.2, -0.15) is 0 Å². The van der Waals surface area contributed by atoms with Crippen LogP contribution in [-0.4, -0.2) is 45.2 Å². The molecule has 0 radical (unpaired) electrons. The number of benzene rings is 2. The highest BCUT2D eigenvalue weighted by molar-refractivity contribution is 5.92. The molecule has 152 valence electrons. The first kappa shape index (κ1) is 21.7. The van der Waals surface area contributed by atoms with E-state index in [-0.39, 0.29) is 11.9 Å². The molecule has 1 unspecified atom stereocenters. The Hall–Kier alpha value is -2.57. The normalized spacial score (nSPS) is 11.9. The number of nitrogens with zero attached hydrogens (tertiary/aromatic N) is 1. The molecule has 0 aliphatic carbocycles. The lowest BCUT2D eigenvalue weighted by molar-refractivity contribution is -0.116. The van der Waals surface area contributed by atoms with Crippen LogP contribution in [0.3, 0.4) is 0 Å². The van der Waals surface area contributed by atoms with Crippen molar-refractivity contribution >= 4 is 11.6 Å². The summed E-state index contributed by atoms with van der Waals surface area (Å²) in [4.78, 5) is 14.6. The highest BCUT2D eigenvalue weighted by Gasteiger charge is 2.12. The van der Waals surface area contributed by atoms with E-state index >= 15 is 0 Å². The van der Waals surface area contributed by atoms with Gasteiger partial charge >= 0.3 is 0 Å². The lowest BCUT2D eigenvalue weighted by Crippen LogP contribution is -2.30. The third-order valence-electron chi connectivity index (χ3n) is 4.32. The van der Waals surface area contributed by atoms with Crippen LogP contribution >= 0.6 is 0 Å². The highest BCUT2D eigenvalue weighted by Crippen LogP contribution is 2.29. The molecule has 2 rings (SSSR count). The van der Waals surface area contributed by atoms with Crippen LogP contribution in [0.2, 0.25) is 0 Å². The molecule has 2 aromatic carbocycles. The molecule has 1 atom stereocenters. The molecule has 0 fully saturated rings. The fourth-order valence-electron chi connectivity index (χ4n) is 2.96. The first-order valence-corrected chi connectivity index (χ1v) is 9.39. The predicted octanol–water partition coefficient (Wildman–Crippen LogP) is 3.27. The van der Waals surface area contributed by atoms with E-state index in [1.165, 1.54) is 11.1 Å². The summed E-state index contributed by atoms with van der Waals surface area (Å²) in [5.41, 5.74) is 3.09. The van der Waals surface area contributed by atoms with Crippen LogP contribution in [0.4, 0.5) is 5.69 Å². The van der Waals surface area contributed by atoms with Gasteiger partial charge in [0.05, 0.1) is 19.9 Å². The quantitative estimate of drug-likeness (QED) is 0.657. The van der Waals surface area contributed by atoms with Gasteiger partial charge < -0.3 is 25.0 Å². The monoisotopic (exact) mass is 385 g/mol. The van der Waals surface area contributed by atoms with Crippen LogP contribution in [0.5, 0.6) is 11.5 Å². The molecule has 0 heterocycles. The van der Waals surface area contributed by atoms with Crippen LogP contribution in [0, 0.1) is 0 Å². The van der Waals surface area contributed by atoms with Gasteiger partial charge in [0.2, 0.25) is 5.91 Å². The van der Waals surface area contributed by atoms with Gasteiger partial charge in [0.1, 0.15) is 11.5 Å². The zero-order chi connectivity index (χ0) is 20.5. The van der Waals surface area contributed by atoms with Crippen molar-refractivity contribution in [2.75, 3.05) is 33.6 Å². The van der Waals surface area contributed by atoms with E-state index in [9.17, 15) is 4.79 Å². The van der Waals surface area contributed by atoms with E-state index in [1.807, 2.05) is 6.92 Å². The van der Waals surface area contributed by atoms with Crippen molar-refractivity contribution in [3.05, 3.63) is 53.6 Å². The largest absolute Gasteiger partial charge is 0.497 e. The third kappa shape index (κ3) is 6.87. The van der Waals surface area contributed by atoms with Gasteiger partial charge in [-0.1, -0.05) is 24.3 Å². The SMILES string of the molecule is COc1ccc(OC)c(NC(=O)CC(C)NCc2cccc(CN(C)C)c2)c1. The fraction of sp³-hybridized carbons (Fsp3) is 0.409. The molecular formula is C22H31N3O3. The van der Waals surface area contributed by atoms with Crippen LogP contribution in [0.15, 0.2) is 42.5 Å². The van der Waals surface area contributed by atoms with Gasteiger partial charge in [0.15, 0.2) is 0 Å². The maximum atomic E-state index is 12.4. The Bertz CT molecular complexity index is 777. The molecule has 0 saturated carbocycles. The lowest BCUT2D eigenvalue weighted by atomic mass is 10.1. The minimum Gasteiger partial charge on any atom is -0.497 e. The number of hydrogen-bond acceptors (Lipinski definition) is 5. The van der Waals surface area contributed by atoms with Crippen LogP contribution in [0.25, 0.3) is 0 Å². The van der Waals surface area contributed by atoms with Crippen molar-refractivity contribution < 1.29 is 14.3 Å². The Balaban J connectivity index is 1.88. The molecule has 2 aromatic rings. The summed E-state index contributed by atoms with van der Waals surface area (Å²) in [6, 6.07) is 13.9. The Labute approximate surface area is 167 Å².